The average Bonchev–Trinajstić information content (AvgIpc) is 3.00. The van der Waals surface area contributed by atoms with Crippen LogP contribution in [-0.2, 0) is 9.53 Å². The number of carbonyl (C=O) groups excluding carboxylic acids is 2. The number of ether oxygens (including phenoxy) is 1. The highest BCUT2D eigenvalue weighted by Gasteiger charge is 2.21. The van der Waals surface area contributed by atoms with E-state index in [-0.39, 0.29) is 5.91 Å². The fraction of sp³-hybridized carbons (Fsp3) is 0.312. The van der Waals surface area contributed by atoms with Crippen molar-refractivity contribution in [1.82, 2.24) is 4.98 Å². The normalized spacial score (nSPS) is 11.7. The molecule has 0 saturated heterocycles. The Morgan fingerprint density at radius 1 is 1.26 bits per heavy atom. The lowest BCUT2D eigenvalue weighted by Gasteiger charge is -2.15. The van der Waals surface area contributed by atoms with Gasteiger partial charge in [0.2, 0.25) is 0 Å². The number of hydrogen-bond donors (Lipinski definition) is 2. The molecule has 2 aromatic rings. The fourth-order valence-electron chi connectivity index (χ4n) is 1.99. The molecule has 2 rings (SSSR count). The van der Waals surface area contributed by atoms with Crippen LogP contribution in [-0.4, -0.2) is 30.0 Å². The molecule has 122 valence electrons. The summed E-state index contributed by atoms with van der Waals surface area (Å²) in [5.41, 5.74) is 2.66. The van der Waals surface area contributed by atoms with E-state index < -0.39 is 12.1 Å². The molecule has 1 aromatic heterocycles. The van der Waals surface area contributed by atoms with E-state index in [4.69, 9.17) is 4.74 Å². The topological polar surface area (TPSA) is 80.3 Å². The zero-order valence-electron chi connectivity index (χ0n) is 13.5. The summed E-state index contributed by atoms with van der Waals surface area (Å²) in [7, 11) is 1.72. The van der Waals surface area contributed by atoms with Gasteiger partial charge in [0.25, 0.3) is 5.91 Å². The molecule has 7 heteroatoms. The van der Waals surface area contributed by atoms with Crippen LogP contribution >= 0.6 is 11.3 Å². The van der Waals surface area contributed by atoms with Gasteiger partial charge in [0.1, 0.15) is 4.88 Å². The van der Waals surface area contributed by atoms with Crippen LogP contribution in [0.15, 0.2) is 24.4 Å². The van der Waals surface area contributed by atoms with Crippen LogP contribution < -0.4 is 10.6 Å². The van der Waals surface area contributed by atoms with E-state index in [0.717, 1.165) is 16.8 Å². The van der Waals surface area contributed by atoms with Crippen molar-refractivity contribution in [2.75, 3.05) is 17.7 Å². The second kappa shape index (κ2) is 7.23. The highest BCUT2D eigenvalue weighted by atomic mass is 32.1. The summed E-state index contributed by atoms with van der Waals surface area (Å²) < 4.78 is 5.20. The summed E-state index contributed by atoms with van der Waals surface area (Å²) in [4.78, 5) is 28.6. The van der Waals surface area contributed by atoms with Crippen molar-refractivity contribution >= 4 is 34.0 Å². The number of aromatic nitrogens is 1. The zero-order chi connectivity index (χ0) is 17.0. The third-order valence-corrected chi connectivity index (χ3v) is 4.30. The number of aryl methyl sites for hydroxylation is 2. The summed E-state index contributed by atoms with van der Waals surface area (Å²) >= 11 is 1.18. The van der Waals surface area contributed by atoms with Crippen LogP contribution in [0.5, 0.6) is 0 Å². The van der Waals surface area contributed by atoms with E-state index >= 15 is 0 Å². The molecule has 0 aliphatic heterocycles. The summed E-state index contributed by atoms with van der Waals surface area (Å²) in [6, 6.07) is 5.75. The fourth-order valence-corrected chi connectivity index (χ4v) is 2.65. The molecule has 0 fully saturated rings. The van der Waals surface area contributed by atoms with Gasteiger partial charge in [-0.15, -0.1) is 0 Å². The van der Waals surface area contributed by atoms with Crippen molar-refractivity contribution in [3.8, 4) is 0 Å². The van der Waals surface area contributed by atoms with E-state index in [1.807, 2.05) is 32.0 Å². The number of amides is 1. The molecule has 0 radical (unpaired) electrons. The number of carbonyl (C=O) groups is 2. The molecule has 0 aliphatic carbocycles. The molecule has 0 aliphatic rings. The monoisotopic (exact) mass is 333 g/mol. The number of thiazole rings is 1. The summed E-state index contributed by atoms with van der Waals surface area (Å²) in [5.74, 6) is -0.928. The molecule has 0 saturated carbocycles. The first kappa shape index (κ1) is 17.0. The highest BCUT2D eigenvalue weighted by molar-refractivity contribution is 7.17. The van der Waals surface area contributed by atoms with Crippen LogP contribution in [0, 0.1) is 13.8 Å². The molecule has 0 bridgehead atoms. The Hall–Kier alpha value is -2.41. The van der Waals surface area contributed by atoms with Gasteiger partial charge in [-0.05, 0) is 31.9 Å². The number of para-hydroxylation sites is 1. The second-order valence-corrected chi connectivity index (χ2v) is 6.11. The predicted molar refractivity (Wildman–Crippen MR) is 91.1 cm³/mol. The predicted octanol–water partition coefficient (Wildman–Crippen LogP) is 2.99. The number of anilines is 2. The maximum Gasteiger partial charge on any atom is 0.350 e. The quantitative estimate of drug-likeness (QED) is 0.822. The summed E-state index contributed by atoms with van der Waals surface area (Å²) in [6.45, 7) is 5.37. The SMILES string of the molecule is CNc1ncc(C(=O)OC(C)C(=O)Nc2c(C)cccc2C)s1. The Morgan fingerprint density at radius 3 is 2.48 bits per heavy atom. The molecule has 2 N–H and O–H groups in total. The molecule has 1 aromatic carbocycles. The van der Waals surface area contributed by atoms with Gasteiger partial charge in [-0.2, -0.15) is 0 Å². The van der Waals surface area contributed by atoms with Crippen molar-refractivity contribution in [3.05, 3.63) is 40.4 Å². The largest absolute Gasteiger partial charge is 0.448 e. The van der Waals surface area contributed by atoms with Crippen molar-refractivity contribution in [1.29, 1.82) is 0 Å². The van der Waals surface area contributed by atoms with Crippen LogP contribution in [0.3, 0.4) is 0 Å². The molecular weight excluding hydrogens is 314 g/mol. The van der Waals surface area contributed by atoms with Gasteiger partial charge in [-0.1, -0.05) is 29.5 Å². The molecule has 23 heavy (non-hydrogen) atoms. The number of rotatable bonds is 5. The van der Waals surface area contributed by atoms with Gasteiger partial charge in [-0.25, -0.2) is 9.78 Å². The summed E-state index contributed by atoms with van der Waals surface area (Å²) in [5, 5.41) is 6.27. The Labute approximate surface area is 138 Å². The van der Waals surface area contributed by atoms with Crippen LogP contribution in [0.1, 0.15) is 27.7 Å². The Morgan fingerprint density at radius 2 is 1.91 bits per heavy atom. The smallest absolute Gasteiger partial charge is 0.350 e. The van der Waals surface area contributed by atoms with Crippen LogP contribution in [0.25, 0.3) is 0 Å². The van der Waals surface area contributed by atoms with Crippen molar-refractivity contribution < 1.29 is 14.3 Å². The molecule has 1 atom stereocenters. The number of benzene rings is 1. The van der Waals surface area contributed by atoms with Gasteiger partial charge in [0.15, 0.2) is 11.2 Å². The van der Waals surface area contributed by atoms with Gasteiger partial charge >= 0.3 is 5.97 Å². The lowest BCUT2D eigenvalue weighted by atomic mass is 10.1. The van der Waals surface area contributed by atoms with Crippen LogP contribution in [0.2, 0.25) is 0 Å². The molecule has 1 amide bonds. The Kier molecular flexibility index (Phi) is 5.33. The molecule has 1 unspecified atom stereocenters. The first-order valence-corrected chi connectivity index (χ1v) is 7.95. The number of esters is 1. The third kappa shape index (κ3) is 4.07. The van der Waals surface area contributed by atoms with Gasteiger partial charge in [0.05, 0.1) is 6.20 Å². The molecular formula is C16H19N3O3S. The first-order valence-electron chi connectivity index (χ1n) is 7.14. The van der Waals surface area contributed by atoms with Crippen molar-refractivity contribution in [2.45, 2.75) is 26.9 Å². The maximum absolute atomic E-state index is 12.2. The van der Waals surface area contributed by atoms with Gasteiger partial charge in [-0.3, -0.25) is 4.79 Å². The Balaban J connectivity index is 2.01. The highest BCUT2D eigenvalue weighted by Crippen LogP contribution is 2.21. The lowest BCUT2D eigenvalue weighted by molar-refractivity contribution is -0.123. The lowest BCUT2D eigenvalue weighted by Crippen LogP contribution is -2.30. The van der Waals surface area contributed by atoms with Crippen molar-refractivity contribution in [3.63, 3.8) is 0 Å². The van der Waals surface area contributed by atoms with E-state index in [0.29, 0.717) is 10.0 Å². The standard InChI is InChI=1S/C16H19N3O3S/c1-9-6-5-7-10(2)13(9)19-14(20)11(3)22-15(21)12-8-18-16(17-4)23-12/h5-8,11H,1-4H3,(H,17,18)(H,19,20). The number of nitrogens with one attached hydrogen (secondary N) is 2. The molecule has 1 heterocycles. The van der Waals surface area contributed by atoms with Gasteiger partial charge < -0.3 is 15.4 Å². The second-order valence-electron chi connectivity index (χ2n) is 5.08. The van der Waals surface area contributed by atoms with E-state index in [1.54, 1.807) is 14.0 Å². The third-order valence-electron chi connectivity index (χ3n) is 3.30. The van der Waals surface area contributed by atoms with Gasteiger partial charge in [0, 0.05) is 12.7 Å². The summed E-state index contributed by atoms with van der Waals surface area (Å²) in [6.07, 6.45) is 0.524. The van der Waals surface area contributed by atoms with Crippen LogP contribution in [0.4, 0.5) is 10.8 Å². The van der Waals surface area contributed by atoms with E-state index in [1.165, 1.54) is 17.5 Å². The minimum absolute atomic E-state index is 0.348. The number of hydrogen-bond acceptors (Lipinski definition) is 6. The maximum atomic E-state index is 12.2. The first-order chi connectivity index (χ1) is 10.9. The minimum Gasteiger partial charge on any atom is -0.448 e. The molecule has 6 nitrogen and oxygen atoms in total. The van der Waals surface area contributed by atoms with Crippen molar-refractivity contribution in [2.24, 2.45) is 0 Å². The number of nitrogens with zero attached hydrogens (tertiary/aromatic N) is 1. The van der Waals surface area contributed by atoms with E-state index in [2.05, 4.69) is 15.6 Å². The zero-order valence-corrected chi connectivity index (χ0v) is 14.3. The average molecular weight is 333 g/mol. The Bertz CT molecular complexity index is 707. The minimum atomic E-state index is -0.901. The van der Waals surface area contributed by atoms with E-state index in [9.17, 15) is 9.59 Å². The molecule has 0 spiro atoms.